The smallest absolute Gasteiger partial charge is 0.287 e. The van der Waals surface area contributed by atoms with E-state index in [1.807, 2.05) is 0 Å². The van der Waals surface area contributed by atoms with E-state index in [1.165, 1.54) is 6.92 Å². The van der Waals surface area contributed by atoms with Gasteiger partial charge in [-0.25, -0.2) is 17.6 Å². The second kappa shape index (κ2) is 6.95. The Kier molecular flexibility index (Phi) is 6.76. The average molecular weight is 332 g/mol. The Hall–Kier alpha value is -0.540. The zero-order valence-corrected chi connectivity index (χ0v) is 11.1. The highest BCUT2D eigenvalue weighted by Gasteiger charge is 2.65. The normalized spacial score (nSPS) is 13.9. The molecule has 20 heavy (non-hydrogen) atoms. The van der Waals surface area contributed by atoms with Gasteiger partial charge in [0.05, 0.1) is 6.42 Å². The van der Waals surface area contributed by atoms with Crippen LogP contribution in [0, 0.1) is 0 Å². The minimum Gasteiger partial charge on any atom is -0.287 e. The molecule has 0 amide bonds. The molecule has 0 aromatic heterocycles. The molecule has 120 valence electrons. The third kappa shape index (κ3) is 5.45. The van der Waals surface area contributed by atoms with Gasteiger partial charge in [0.1, 0.15) is 0 Å². The van der Waals surface area contributed by atoms with E-state index in [1.54, 1.807) is 0 Å². The van der Waals surface area contributed by atoms with Crippen molar-refractivity contribution in [2.45, 2.75) is 50.4 Å². The third-order valence-corrected chi connectivity index (χ3v) is 3.28. The molecule has 0 bridgehead atoms. The number of carbonyl (C=O) groups is 1. The molecule has 0 N–H and O–H groups in total. The van der Waals surface area contributed by atoms with Crippen molar-refractivity contribution in [1.29, 1.82) is 0 Å². The Bertz CT molecular complexity index is 331. The number of rotatable bonds is 8. The van der Waals surface area contributed by atoms with Gasteiger partial charge >= 0.3 is 18.3 Å². The molecule has 0 aliphatic rings. The van der Waals surface area contributed by atoms with Crippen molar-refractivity contribution in [1.82, 2.24) is 0 Å². The Morgan fingerprint density at radius 1 is 1.10 bits per heavy atom. The molecule has 0 aromatic carbocycles. The molecule has 0 radical (unpaired) electrons. The van der Waals surface area contributed by atoms with Crippen LogP contribution in [0.25, 0.3) is 0 Å². The maximum Gasteiger partial charge on any atom is 0.369 e. The second-order valence-corrected chi connectivity index (χ2v) is 5.14. The van der Waals surface area contributed by atoms with E-state index in [-0.39, 0.29) is 6.42 Å². The van der Waals surface area contributed by atoms with Crippen LogP contribution in [0.1, 0.15) is 26.2 Å². The van der Waals surface area contributed by atoms with Gasteiger partial charge in [0.25, 0.3) is 5.92 Å². The summed E-state index contributed by atoms with van der Waals surface area (Å²) in [6.45, 7) is 1.45. The Morgan fingerprint density at radius 2 is 1.60 bits per heavy atom. The van der Waals surface area contributed by atoms with Crippen molar-refractivity contribution in [3.63, 3.8) is 0 Å². The molecule has 0 heterocycles. The van der Waals surface area contributed by atoms with E-state index in [9.17, 15) is 39.9 Å². The maximum atomic E-state index is 13.1. The van der Waals surface area contributed by atoms with Crippen molar-refractivity contribution in [3.05, 3.63) is 0 Å². The van der Waals surface area contributed by atoms with Crippen LogP contribution in [0.3, 0.4) is 0 Å². The molecule has 0 rings (SSSR count). The van der Waals surface area contributed by atoms with E-state index in [0.717, 1.165) is 0 Å². The number of hydrogen-bond donors (Lipinski definition) is 0. The number of thioether (sulfide) groups is 1. The predicted octanol–water partition coefficient (Wildman–Crippen LogP) is 4.61. The minimum atomic E-state index is -5.83. The summed E-state index contributed by atoms with van der Waals surface area (Å²) in [5.41, 5.74) is 0. The van der Waals surface area contributed by atoms with E-state index in [2.05, 4.69) is 0 Å². The second-order valence-electron chi connectivity index (χ2n) is 3.98. The zero-order valence-electron chi connectivity index (χ0n) is 10.2. The van der Waals surface area contributed by atoms with E-state index < -0.39 is 47.9 Å². The molecule has 0 aliphatic heterocycles. The molecule has 0 saturated heterocycles. The molecule has 0 unspecified atom stereocenters. The summed E-state index contributed by atoms with van der Waals surface area (Å²) in [6.07, 6.45) is -8.68. The zero-order chi connectivity index (χ0) is 16.2. The van der Waals surface area contributed by atoms with Crippen LogP contribution in [0.2, 0.25) is 0 Å². The highest BCUT2D eigenvalue weighted by Crippen LogP contribution is 2.46. The summed E-state index contributed by atoms with van der Waals surface area (Å²) in [7, 11) is 0. The van der Waals surface area contributed by atoms with Crippen molar-refractivity contribution < 1.29 is 39.9 Å². The molecule has 0 aliphatic carbocycles. The van der Waals surface area contributed by atoms with Crippen LogP contribution >= 0.6 is 11.8 Å². The van der Waals surface area contributed by atoms with Gasteiger partial charge in [-0.1, -0.05) is 18.7 Å². The largest absolute Gasteiger partial charge is 0.369 e. The first kappa shape index (κ1) is 19.5. The Labute approximate surface area is 114 Å². The Balaban J connectivity index is 4.62. The number of alkyl halides is 8. The van der Waals surface area contributed by atoms with Gasteiger partial charge in [0.15, 0.2) is 5.12 Å². The topological polar surface area (TPSA) is 17.1 Å². The summed E-state index contributed by atoms with van der Waals surface area (Å²) in [6, 6.07) is 0. The lowest BCUT2D eigenvalue weighted by atomic mass is 10.0. The van der Waals surface area contributed by atoms with Crippen molar-refractivity contribution >= 4 is 16.9 Å². The number of halogens is 8. The van der Waals surface area contributed by atoms with Crippen molar-refractivity contribution in [2.24, 2.45) is 0 Å². The molecule has 0 atom stereocenters. The SMILES string of the molecule is CCC(=O)SCCC(F)(F)CC(F)(F)C(F)(F)C(F)F. The summed E-state index contributed by atoms with van der Waals surface area (Å²) >= 11 is 0.444. The van der Waals surface area contributed by atoms with Crippen LogP contribution < -0.4 is 0 Å². The maximum absolute atomic E-state index is 13.1. The van der Waals surface area contributed by atoms with Gasteiger partial charge in [0, 0.05) is 18.6 Å². The molecular formula is C10H12F8OS. The first-order valence-electron chi connectivity index (χ1n) is 5.43. The highest BCUT2D eigenvalue weighted by molar-refractivity contribution is 8.13. The van der Waals surface area contributed by atoms with E-state index in [0.29, 0.717) is 11.8 Å². The lowest BCUT2D eigenvalue weighted by Gasteiger charge is -2.29. The number of hydrogen-bond acceptors (Lipinski definition) is 2. The average Bonchev–Trinajstić information content (AvgIpc) is 2.26. The van der Waals surface area contributed by atoms with Crippen LogP contribution in [0.4, 0.5) is 35.1 Å². The predicted molar refractivity (Wildman–Crippen MR) is 57.8 cm³/mol. The van der Waals surface area contributed by atoms with Crippen LogP contribution in [0.5, 0.6) is 0 Å². The van der Waals surface area contributed by atoms with Crippen LogP contribution in [-0.4, -0.2) is 35.1 Å². The molecule has 1 nitrogen and oxygen atoms in total. The fraction of sp³-hybridized carbons (Fsp3) is 0.900. The highest BCUT2D eigenvalue weighted by atomic mass is 32.2. The summed E-state index contributed by atoms with van der Waals surface area (Å²) < 4.78 is 100. The van der Waals surface area contributed by atoms with Crippen molar-refractivity contribution in [3.8, 4) is 0 Å². The van der Waals surface area contributed by atoms with Gasteiger partial charge < -0.3 is 0 Å². The van der Waals surface area contributed by atoms with E-state index in [4.69, 9.17) is 0 Å². The molecule has 0 spiro atoms. The quantitative estimate of drug-likeness (QED) is 0.604. The van der Waals surface area contributed by atoms with Gasteiger partial charge in [-0.2, -0.15) is 17.6 Å². The molecule has 0 saturated carbocycles. The Morgan fingerprint density at radius 3 is 2.00 bits per heavy atom. The first-order valence-corrected chi connectivity index (χ1v) is 6.41. The van der Waals surface area contributed by atoms with Gasteiger partial charge in [-0.3, -0.25) is 4.79 Å². The van der Waals surface area contributed by atoms with Gasteiger partial charge in [-0.05, 0) is 0 Å². The first-order chi connectivity index (χ1) is 8.85. The molecule has 0 fully saturated rings. The van der Waals surface area contributed by atoms with Gasteiger partial charge in [-0.15, -0.1) is 0 Å². The minimum absolute atomic E-state index is 0.0376. The molecular weight excluding hydrogens is 320 g/mol. The lowest BCUT2D eigenvalue weighted by molar-refractivity contribution is -0.282. The molecule has 0 aromatic rings. The molecule has 10 heteroatoms. The standard InChI is InChI=1S/C10H12F8OS/c1-2-6(19)20-4-3-8(13,14)5-9(15,16)10(17,18)7(11)12/h7H,2-5H2,1H3. The summed E-state index contributed by atoms with van der Waals surface area (Å²) in [5, 5.41) is -0.467. The third-order valence-electron chi connectivity index (χ3n) is 2.26. The fourth-order valence-corrected chi connectivity index (χ4v) is 1.94. The van der Waals surface area contributed by atoms with E-state index >= 15 is 0 Å². The monoisotopic (exact) mass is 332 g/mol. The summed E-state index contributed by atoms with van der Waals surface area (Å²) in [5.74, 6) is -16.2. The number of carbonyl (C=O) groups excluding carboxylic acids is 1. The fourth-order valence-electron chi connectivity index (χ4n) is 1.11. The van der Waals surface area contributed by atoms with Crippen LogP contribution in [0.15, 0.2) is 0 Å². The summed E-state index contributed by atoms with van der Waals surface area (Å²) in [4.78, 5) is 10.8. The van der Waals surface area contributed by atoms with Crippen molar-refractivity contribution in [2.75, 3.05) is 5.75 Å². The van der Waals surface area contributed by atoms with Gasteiger partial charge in [0.2, 0.25) is 0 Å². The van der Waals surface area contributed by atoms with Crippen LogP contribution in [-0.2, 0) is 4.79 Å². The lowest BCUT2D eigenvalue weighted by Crippen LogP contribution is -2.49.